The van der Waals surface area contributed by atoms with E-state index in [2.05, 4.69) is 5.32 Å². The molecule has 1 amide bonds. The van der Waals surface area contributed by atoms with Gasteiger partial charge in [-0.05, 0) is 12.8 Å². The van der Waals surface area contributed by atoms with Crippen molar-refractivity contribution in [3.63, 3.8) is 0 Å². The van der Waals surface area contributed by atoms with Crippen molar-refractivity contribution < 1.29 is 4.79 Å². The minimum Gasteiger partial charge on any atom is -0.354 e. The number of carbonyl (C=O) groups is 1. The van der Waals surface area contributed by atoms with E-state index in [-0.39, 0.29) is 24.2 Å². The summed E-state index contributed by atoms with van der Waals surface area (Å²) >= 11 is 5.53. The topological polar surface area (TPSA) is 55.1 Å². The molecular formula is C6H12Cl2N2O. The first kappa shape index (κ1) is 11.0. The Kier molecular flexibility index (Phi) is 4.14. The lowest BCUT2D eigenvalue weighted by atomic mass is 9.93. The van der Waals surface area contributed by atoms with Crippen LogP contribution in [0.15, 0.2) is 0 Å². The second-order valence-corrected chi connectivity index (χ2v) is 2.92. The van der Waals surface area contributed by atoms with Gasteiger partial charge in [0.1, 0.15) is 5.54 Å². The second-order valence-electron chi connectivity index (χ2n) is 2.65. The van der Waals surface area contributed by atoms with Crippen LogP contribution >= 0.6 is 24.0 Å². The Balaban J connectivity index is 0.000001000. The molecule has 1 aliphatic heterocycles. The summed E-state index contributed by atoms with van der Waals surface area (Å²) in [5.74, 6) is 0.0903. The van der Waals surface area contributed by atoms with Crippen molar-refractivity contribution in [3.05, 3.63) is 0 Å². The van der Waals surface area contributed by atoms with Crippen LogP contribution in [-0.4, -0.2) is 23.9 Å². The molecule has 1 saturated heterocycles. The Hall–Kier alpha value is 0.01000. The molecule has 0 aromatic heterocycles. The van der Waals surface area contributed by atoms with Crippen molar-refractivity contribution in [3.8, 4) is 0 Å². The van der Waals surface area contributed by atoms with E-state index in [0.29, 0.717) is 6.42 Å². The van der Waals surface area contributed by atoms with Crippen LogP contribution in [0.25, 0.3) is 0 Å². The summed E-state index contributed by atoms with van der Waals surface area (Å²) in [6, 6.07) is 0. The highest BCUT2D eigenvalue weighted by atomic mass is 35.5. The molecular weight excluding hydrogens is 187 g/mol. The van der Waals surface area contributed by atoms with E-state index in [1.54, 1.807) is 0 Å². The maximum atomic E-state index is 11.0. The van der Waals surface area contributed by atoms with Gasteiger partial charge in [0.15, 0.2) is 0 Å². The summed E-state index contributed by atoms with van der Waals surface area (Å²) in [7, 11) is 0. The number of hydrogen-bond donors (Lipinski definition) is 2. The van der Waals surface area contributed by atoms with Gasteiger partial charge < -0.3 is 11.1 Å². The molecule has 3 N–H and O–H groups in total. The second kappa shape index (κ2) is 4.14. The molecule has 3 nitrogen and oxygen atoms in total. The highest BCUT2D eigenvalue weighted by molar-refractivity contribution is 6.20. The highest BCUT2D eigenvalue weighted by Crippen LogP contribution is 2.15. The molecule has 66 valence electrons. The lowest BCUT2D eigenvalue weighted by molar-refractivity contribution is -0.127. The van der Waals surface area contributed by atoms with Crippen LogP contribution in [0.5, 0.6) is 0 Å². The van der Waals surface area contributed by atoms with Gasteiger partial charge >= 0.3 is 0 Å². The Morgan fingerprint density at radius 3 is 2.73 bits per heavy atom. The normalized spacial score (nSPS) is 30.5. The molecule has 1 heterocycles. The van der Waals surface area contributed by atoms with Crippen LogP contribution in [0, 0.1) is 0 Å². The molecule has 1 fully saturated rings. The number of amides is 1. The van der Waals surface area contributed by atoms with E-state index in [1.807, 2.05) is 0 Å². The van der Waals surface area contributed by atoms with Gasteiger partial charge in [0.05, 0.1) is 0 Å². The van der Waals surface area contributed by atoms with Gasteiger partial charge in [-0.2, -0.15) is 0 Å². The molecule has 1 rings (SSSR count). The standard InChI is InChI=1S/C6H11ClN2O.ClH/c7-4-6(8)2-1-3-9-5(6)10;/h1-4,8H2,(H,9,10);1H. The van der Waals surface area contributed by atoms with E-state index in [4.69, 9.17) is 17.3 Å². The van der Waals surface area contributed by atoms with Crippen molar-refractivity contribution in [2.75, 3.05) is 12.4 Å². The van der Waals surface area contributed by atoms with Crippen LogP contribution in [0.1, 0.15) is 12.8 Å². The van der Waals surface area contributed by atoms with Crippen LogP contribution < -0.4 is 11.1 Å². The van der Waals surface area contributed by atoms with E-state index < -0.39 is 5.54 Å². The van der Waals surface area contributed by atoms with Crippen LogP contribution in [0.2, 0.25) is 0 Å². The number of hydrogen-bond acceptors (Lipinski definition) is 2. The van der Waals surface area contributed by atoms with Gasteiger partial charge in [-0.1, -0.05) is 0 Å². The first-order valence-corrected chi connectivity index (χ1v) is 3.86. The zero-order valence-electron chi connectivity index (χ0n) is 6.10. The number of halogens is 2. The number of piperidine rings is 1. The average molecular weight is 199 g/mol. The Morgan fingerprint density at radius 2 is 2.36 bits per heavy atom. The molecule has 0 bridgehead atoms. The zero-order chi connectivity index (χ0) is 7.61. The van der Waals surface area contributed by atoms with Crippen molar-refractivity contribution in [1.82, 2.24) is 5.32 Å². The van der Waals surface area contributed by atoms with E-state index in [1.165, 1.54) is 0 Å². The summed E-state index contributed by atoms with van der Waals surface area (Å²) in [4.78, 5) is 11.0. The minimum atomic E-state index is -0.806. The van der Waals surface area contributed by atoms with Gasteiger partial charge in [-0.3, -0.25) is 4.79 Å². The quantitative estimate of drug-likeness (QED) is 0.595. The molecule has 0 radical (unpaired) electrons. The predicted molar refractivity (Wildman–Crippen MR) is 47.1 cm³/mol. The number of carbonyl (C=O) groups excluding carboxylic acids is 1. The monoisotopic (exact) mass is 198 g/mol. The predicted octanol–water partition coefficient (Wildman–Crippen LogP) is 0.254. The molecule has 0 spiro atoms. The molecule has 1 aliphatic rings. The summed E-state index contributed by atoms with van der Waals surface area (Å²) < 4.78 is 0. The average Bonchev–Trinajstić information content (AvgIpc) is 1.96. The largest absolute Gasteiger partial charge is 0.354 e. The number of alkyl halides is 1. The number of rotatable bonds is 1. The van der Waals surface area contributed by atoms with E-state index >= 15 is 0 Å². The molecule has 0 aromatic rings. The lowest BCUT2D eigenvalue weighted by Crippen LogP contribution is -2.58. The van der Waals surface area contributed by atoms with Gasteiger partial charge in [0.25, 0.3) is 0 Å². The fourth-order valence-electron chi connectivity index (χ4n) is 1.02. The SMILES string of the molecule is Cl.NC1(CCl)CCCNC1=O. The van der Waals surface area contributed by atoms with Crippen molar-refractivity contribution in [1.29, 1.82) is 0 Å². The van der Waals surface area contributed by atoms with Gasteiger partial charge in [-0.25, -0.2) is 0 Å². The summed E-state index contributed by atoms with van der Waals surface area (Å²) in [5, 5.41) is 2.68. The third kappa shape index (κ3) is 2.22. The first-order chi connectivity index (χ1) is 4.69. The number of nitrogens with two attached hydrogens (primary N) is 1. The summed E-state index contributed by atoms with van der Waals surface area (Å²) in [6.45, 7) is 0.731. The third-order valence-corrected chi connectivity index (χ3v) is 2.25. The lowest BCUT2D eigenvalue weighted by Gasteiger charge is -2.29. The zero-order valence-corrected chi connectivity index (χ0v) is 7.67. The highest BCUT2D eigenvalue weighted by Gasteiger charge is 2.34. The molecule has 0 aromatic carbocycles. The van der Waals surface area contributed by atoms with Gasteiger partial charge in [-0.15, -0.1) is 24.0 Å². The van der Waals surface area contributed by atoms with Gasteiger partial charge in [0, 0.05) is 12.4 Å². The van der Waals surface area contributed by atoms with Crippen LogP contribution in [-0.2, 0) is 4.79 Å². The Morgan fingerprint density at radius 1 is 1.73 bits per heavy atom. The number of nitrogens with one attached hydrogen (secondary N) is 1. The smallest absolute Gasteiger partial charge is 0.241 e. The van der Waals surface area contributed by atoms with Crippen molar-refractivity contribution in [2.24, 2.45) is 5.73 Å². The van der Waals surface area contributed by atoms with E-state index in [9.17, 15) is 4.79 Å². The Labute approximate surface area is 77.1 Å². The molecule has 11 heavy (non-hydrogen) atoms. The molecule has 0 saturated carbocycles. The molecule has 5 heteroatoms. The fraction of sp³-hybridized carbons (Fsp3) is 0.833. The molecule has 1 atom stereocenters. The fourth-order valence-corrected chi connectivity index (χ4v) is 1.28. The maximum absolute atomic E-state index is 11.0. The summed E-state index contributed by atoms with van der Waals surface area (Å²) in [5.41, 5.74) is 4.85. The molecule has 1 unspecified atom stereocenters. The maximum Gasteiger partial charge on any atom is 0.241 e. The Bertz CT molecular complexity index is 154. The third-order valence-electron chi connectivity index (χ3n) is 1.78. The van der Waals surface area contributed by atoms with Crippen molar-refractivity contribution >= 4 is 29.9 Å². The van der Waals surface area contributed by atoms with Crippen LogP contribution in [0.4, 0.5) is 0 Å². The van der Waals surface area contributed by atoms with Crippen molar-refractivity contribution in [2.45, 2.75) is 18.4 Å². The van der Waals surface area contributed by atoms with Crippen LogP contribution in [0.3, 0.4) is 0 Å². The summed E-state index contributed by atoms with van der Waals surface area (Å²) in [6.07, 6.45) is 1.62. The van der Waals surface area contributed by atoms with Gasteiger partial charge in [0.2, 0.25) is 5.91 Å². The van der Waals surface area contributed by atoms with E-state index in [0.717, 1.165) is 13.0 Å². The molecule has 0 aliphatic carbocycles. The first-order valence-electron chi connectivity index (χ1n) is 3.32. The minimum absolute atomic E-state index is 0.